The number of rotatable bonds is 5. The molecule has 1 heterocycles. The Labute approximate surface area is 144 Å². The van der Waals surface area contributed by atoms with Gasteiger partial charge in [-0.1, -0.05) is 12.1 Å². The fourth-order valence-electron chi connectivity index (χ4n) is 2.96. The first kappa shape index (κ1) is 17.5. The summed E-state index contributed by atoms with van der Waals surface area (Å²) in [6.07, 6.45) is 0.0179. The van der Waals surface area contributed by atoms with Gasteiger partial charge in [0.15, 0.2) is 0 Å². The summed E-state index contributed by atoms with van der Waals surface area (Å²) in [7, 11) is 0. The van der Waals surface area contributed by atoms with E-state index in [0.29, 0.717) is 12.8 Å². The number of fused-ring (bicyclic) bond motifs is 1. The lowest BCUT2D eigenvalue weighted by Crippen LogP contribution is -2.26. The second kappa shape index (κ2) is 7.29. The van der Waals surface area contributed by atoms with E-state index in [9.17, 15) is 18.7 Å². The van der Waals surface area contributed by atoms with Gasteiger partial charge < -0.3 is 15.7 Å². The van der Waals surface area contributed by atoms with Gasteiger partial charge in [0.2, 0.25) is 5.91 Å². The Morgan fingerprint density at radius 1 is 1.20 bits per heavy atom. The first-order valence-corrected chi connectivity index (χ1v) is 8.23. The van der Waals surface area contributed by atoms with E-state index >= 15 is 0 Å². The smallest absolute Gasteiger partial charge is 0.224 e. The van der Waals surface area contributed by atoms with Crippen LogP contribution in [-0.4, -0.2) is 17.6 Å². The molecular weight excluding hydrogens is 326 g/mol. The van der Waals surface area contributed by atoms with E-state index in [-0.39, 0.29) is 24.1 Å². The monoisotopic (exact) mass is 346 g/mol. The van der Waals surface area contributed by atoms with Gasteiger partial charge in [0.1, 0.15) is 11.6 Å². The molecule has 0 bridgehead atoms. The van der Waals surface area contributed by atoms with E-state index in [2.05, 4.69) is 10.6 Å². The molecule has 2 atom stereocenters. The summed E-state index contributed by atoms with van der Waals surface area (Å²) < 4.78 is 26.9. The minimum Gasteiger partial charge on any atom is -0.387 e. The first-order valence-electron chi connectivity index (χ1n) is 8.23. The van der Waals surface area contributed by atoms with Gasteiger partial charge in [-0.3, -0.25) is 4.79 Å². The van der Waals surface area contributed by atoms with Crippen LogP contribution in [0.4, 0.5) is 14.5 Å². The maximum atomic E-state index is 13.7. The standard InChI is InChI=1S/C19H20F2N2O2/c1-11(12-2-6-17-13(8-12)3-7-19(25)23-17)22-10-18(24)15-9-14(20)4-5-16(15)21/h2,4-6,8-9,11,18,22,24H,3,7,10H2,1H3,(H,23,25). The van der Waals surface area contributed by atoms with Crippen molar-refractivity contribution in [2.75, 3.05) is 11.9 Å². The molecular formula is C19H20F2N2O2. The van der Waals surface area contributed by atoms with Gasteiger partial charge >= 0.3 is 0 Å². The molecule has 1 aliphatic rings. The third-order valence-electron chi connectivity index (χ3n) is 4.46. The lowest BCUT2D eigenvalue weighted by Gasteiger charge is -2.21. The molecule has 0 saturated heterocycles. The van der Waals surface area contributed by atoms with Crippen molar-refractivity contribution in [3.8, 4) is 0 Å². The maximum absolute atomic E-state index is 13.7. The van der Waals surface area contributed by atoms with Crippen molar-refractivity contribution >= 4 is 11.6 Å². The first-order chi connectivity index (χ1) is 11.9. The molecule has 0 saturated carbocycles. The van der Waals surface area contributed by atoms with Gasteiger partial charge in [0.25, 0.3) is 0 Å². The van der Waals surface area contributed by atoms with Crippen molar-refractivity contribution < 1.29 is 18.7 Å². The minimum atomic E-state index is -1.14. The third-order valence-corrected chi connectivity index (χ3v) is 4.46. The average molecular weight is 346 g/mol. The van der Waals surface area contributed by atoms with E-state index in [1.165, 1.54) is 0 Å². The SMILES string of the molecule is CC(NCC(O)c1cc(F)ccc1F)c1ccc2c(c1)CCC(=O)N2. The molecule has 6 heteroatoms. The number of aliphatic hydroxyl groups is 1. The molecule has 25 heavy (non-hydrogen) atoms. The number of aliphatic hydroxyl groups excluding tert-OH is 1. The van der Waals surface area contributed by atoms with Gasteiger partial charge in [0, 0.05) is 30.3 Å². The highest BCUT2D eigenvalue weighted by atomic mass is 19.1. The fraction of sp³-hybridized carbons (Fsp3) is 0.316. The van der Waals surface area contributed by atoms with E-state index in [4.69, 9.17) is 0 Å². The van der Waals surface area contributed by atoms with Crippen molar-refractivity contribution in [1.29, 1.82) is 0 Å². The molecule has 1 aliphatic heterocycles. The van der Waals surface area contributed by atoms with Crippen LogP contribution in [0, 0.1) is 11.6 Å². The number of carbonyl (C=O) groups excluding carboxylic acids is 1. The number of hydrogen-bond acceptors (Lipinski definition) is 3. The molecule has 2 aromatic rings. The molecule has 3 rings (SSSR count). The highest BCUT2D eigenvalue weighted by Crippen LogP contribution is 2.26. The maximum Gasteiger partial charge on any atom is 0.224 e. The van der Waals surface area contributed by atoms with Crippen molar-refractivity contribution in [2.45, 2.75) is 31.9 Å². The number of benzene rings is 2. The van der Waals surface area contributed by atoms with Crippen LogP contribution in [-0.2, 0) is 11.2 Å². The third kappa shape index (κ3) is 4.03. The zero-order valence-corrected chi connectivity index (χ0v) is 13.9. The van der Waals surface area contributed by atoms with Crippen molar-refractivity contribution in [3.05, 3.63) is 64.7 Å². The Balaban J connectivity index is 1.65. The quantitative estimate of drug-likeness (QED) is 0.779. The summed E-state index contributed by atoms with van der Waals surface area (Å²) in [4.78, 5) is 11.4. The second-order valence-corrected chi connectivity index (χ2v) is 6.28. The summed E-state index contributed by atoms with van der Waals surface area (Å²) in [5.41, 5.74) is 2.84. The lowest BCUT2D eigenvalue weighted by atomic mass is 9.97. The molecule has 3 N–H and O–H groups in total. The van der Waals surface area contributed by atoms with Gasteiger partial charge in [0.05, 0.1) is 6.10 Å². The Bertz CT molecular complexity index is 795. The zero-order chi connectivity index (χ0) is 18.0. The molecule has 0 aliphatic carbocycles. The van der Waals surface area contributed by atoms with Crippen LogP contribution < -0.4 is 10.6 Å². The van der Waals surface area contributed by atoms with Crippen LogP contribution >= 0.6 is 0 Å². The predicted octanol–water partition coefficient (Wildman–Crippen LogP) is 3.23. The molecule has 132 valence electrons. The molecule has 0 spiro atoms. The molecule has 0 radical (unpaired) electrons. The highest BCUT2D eigenvalue weighted by molar-refractivity contribution is 5.93. The van der Waals surface area contributed by atoms with Gasteiger partial charge in [-0.2, -0.15) is 0 Å². The summed E-state index contributed by atoms with van der Waals surface area (Å²) >= 11 is 0. The van der Waals surface area contributed by atoms with Gasteiger partial charge in [-0.15, -0.1) is 0 Å². The Morgan fingerprint density at radius 3 is 2.80 bits per heavy atom. The van der Waals surface area contributed by atoms with E-state index in [1.807, 2.05) is 25.1 Å². The normalized spacial score (nSPS) is 16.1. The molecule has 2 unspecified atom stereocenters. The number of hydrogen-bond donors (Lipinski definition) is 3. The summed E-state index contributed by atoms with van der Waals surface area (Å²) in [5, 5.41) is 16.1. The van der Waals surface area contributed by atoms with Gasteiger partial charge in [-0.25, -0.2) is 8.78 Å². The number of halogens is 2. The molecule has 0 aromatic heterocycles. The number of carbonyl (C=O) groups is 1. The Kier molecular flexibility index (Phi) is 5.11. The number of nitrogens with one attached hydrogen (secondary N) is 2. The van der Waals surface area contributed by atoms with Crippen molar-refractivity contribution in [1.82, 2.24) is 5.32 Å². The van der Waals surface area contributed by atoms with Crippen LogP contribution in [0.2, 0.25) is 0 Å². The van der Waals surface area contributed by atoms with E-state index in [1.54, 1.807) is 0 Å². The number of anilines is 1. The van der Waals surface area contributed by atoms with Crippen LogP contribution in [0.1, 0.15) is 42.2 Å². The fourth-order valence-corrected chi connectivity index (χ4v) is 2.96. The van der Waals surface area contributed by atoms with Gasteiger partial charge in [-0.05, 0) is 48.7 Å². The molecule has 1 amide bonds. The predicted molar refractivity (Wildman–Crippen MR) is 91.1 cm³/mol. The van der Waals surface area contributed by atoms with E-state index < -0.39 is 17.7 Å². The van der Waals surface area contributed by atoms with E-state index in [0.717, 1.165) is 35.0 Å². The summed E-state index contributed by atoms with van der Waals surface area (Å²) in [5.74, 6) is -1.19. The minimum absolute atomic E-state index is 0.0201. The zero-order valence-electron chi connectivity index (χ0n) is 13.9. The summed E-state index contributed by atoms with van der Waals surface area (Å²) in [6, 6.07) is 8.73. The van der Waals surface area contributed by atoms with Crippen LogP contribution in [0.15, 0.2) is 36.4 Å². The number of aryl methyl sites for hydroxylation is 1. The second-order valence-electron chi connectivity index (χ2n) is 6.28. The Morgan fingerprint density at radius 2 is 2.00 bits per heavy atom. The van der Waals surface area contributed by atoms with Crippen LogP contribution in [0.5, 0.6) is 0 Å². The van der Waals surface area contributed by atoms with Crippen LogP contribution in [0.3, 0.4) is 0 Å². The lowest BCUT2D eigenvalue weighted by molar-refractivity contribution is -0.116. The van der Waals surface area contributed by atoms with Crippen molar-refractivity contribution in [3.63, 3.8) is 0 Å². The average Bonchev–Trinajstić information content (AvgIpc) is 2.60. The van der Waals surface area contributed by atoms with Crippen LogP contribution in [0.25, 0.3) is 0 Å². The topological polar surface area (TPSA) is 61.4 Å². The molecule has 0 fully saturated rings. The molecule has 4 nitrogen and oxygen atoms in total. The largest absolute Gasteiger partial charge is 0.387 e. The summed E-state index contributed by atoms with van der Waals surface area (Å²) in [6.45, 7) is 2.02. The Hall–Kier alpha value is -2.31. The number of amides is 1. The highest BCUT2D eigenvalue weighted by Gasteiger charge is 2.18. The molecule has 2 aromatic carbocycles. The van der Waals surface area contributed by atoms with Crippen molar-refractivity contribution in [2.24, 2.45) is 0 Å².